The fourth-order valence-corrected chi connectivity index (χ4v) is 3.94. The van der Waals surface area contributed by atoms with E-state index < -0.39 is 30.0 Å². The molecule has 160 valence electrons. The molecule has 0 unspecified atom stereocenters. The molecular formula is C16H16ClN5O6S2. The SMILES string of the molecule is NC(N)=NC(N)=Nc1ccc(C=Cc2ccc(Cl)cc2S(=O)(=O)O)c(S(=O)(=O)O)c1. The van der Waals surface area contributed by atoms with Gasteiger partial charge in [-0.3, -0.25) is 9.11 Å². The topological polar surface area (TPSA) is 212 Å². The van der Waals surface area contributed by atoms with Crippen molar-refractivity contribution in [3.8, 4) is 0 Å². The lowest BCUT2D eigenvalue weighted by atomic mass is 10.1. The van der Waals surface area contributed by atoms with Crippen molar-refractivity contribution in [2.75, 3.05) is 0 Å². The van der Waals surface area contributed by atoms with Gasteiger partial charge in [-0.1, -0.05) is 35.9 Å². The first-order chi connectivity index (χ1) is 13.8. The second-order valence-electron chi connectivity index (χ2n) is 5.69. The molecule has 0 radical (unpaired) electrons. The molecule has 2 aromatic rings. The van der Waals surface area contributed by atoms with E-state index in [0.29, 0.717) is 0 Å². The van der Waals surface area contributed by atoms with Gasteiger partial charge in [-0.15, -0.1) is 0 Å². The van der Waals surface area contributed by atoms with Crippen LogP contribution in [0, 0.1) is 0 Å². The number of aliphatic imine (C=N–C) groups is 2. The molecule has 0 atom stereocenters. The molecular weight excluding hydrogens is 458 g/mol. The van der Waals surface area contributed by atoms with Crippen LogP contribution in [0.3, 0.4) is 0 Å². The number of benzene rings is 2. The first kappa shape index (κ1) is 23.3. The number of guanidine groups is 2. The molecule has 2 aromatic carbocycles. The van der Waals surface area contributed by atoms with Crippen LogP contribution in [0.2, 0.25) is 5.02 Å². The summed E-state index contributed by atoms with van der Waals surface area (Å²) in [6.07, 6.45) is 2.44. The van der Waals surface area contributed by atoms with E-state index >= 15 is 0 Å². The van der Waals surface area contributed by atoms with Gasteiger partial charge in [0.25, 0.3) is 20.2 Å². The molecule has 0 aliphatic heterocycles. The molecule has 0 aromatic heterocycles. The molecule has 30 heavy (non-hydrogen) atoms. The molecule has 0 amide bonds. The van der Waals surface area contributed by atoms with Crippen LogP contribution in [0.15, 0.2) is 56.2 Å². The van der Waals surface area contributed by atoms with Crippen LogP contribution in [-0.2, 0) is 20.2 Å². The van der Waals surface area contributed by atoms with Crippen LogP contribution >= 0.6 is 11.6 Å². The van der Waals surface area contributed by atoms with Crippen LogP contribution in [0.25, 0.3) is 12.2 Å². The van der Waals surface area contributed by atoms with E-state index in [1.807, 2.05) is 0 Å². The average molecular weight is 474 g/mol. The van der Waals surface area contributed by atoms with Crippen LogP contribution in [0.5, 0.6) is 0 Å². The third-order valence-electron chi connectivity index (χ3n) is 3.46. The lowest BCUT2D eigenvalue weighted by molar-refractivity contribution is 0.480. The molecule has 8 N–H and O–H groups in total. The van der Waals surface area contributed by atoms with Gasteiger partial charge in [-0.2, -0.15) is 21.8 Å². The number of halogens is 1. The first-order valence-electron chi connectivity index (χ1n) is 7.78. The second kappa shape index (κ2) is 8.81. The van der Waals surface area contributed by atoms with Crippen molar-refractivity contribution in [1.29, 1.82) is 0 Å². The fourth-order valence-electron chi connectivity index (χ4n) is 2.29. The Kier molecular flexibility index (Phi) is 6.84. The highest BCUT2D eigenvalue weighted by molar-refractivity contribution is 7.86. The van der Waals surface area contributed by atoms with Gasteiger partial charge in [0.15, 0.2) is 5.96 Å². The predicted molar refractivity (Wildman–Crippen MR) is 114 cm³/mol. The van der Waals surface area contributed by atoms with Crippen molar-refractivity contribution in [3.63, 3.8) is 0 Å². The molecule has 11 nitrogen and oxygen atoms in total. The van der Waals surface area contributed by atoms with Crippen LogP contribution in [0.4, 0.5) is 5.69 Å². The minimum atomic E-state index is -4.70. The summed E-state index contributed by atoms with van der Waals surface area (Å²) < 4.78 is 65.5. The summed E-state index contributed by atoms with van der Waals surface area (Å²) in [4.78, 5) is 6.27. The first-order valence-corrected chi connectivity index (χ1v) is 11.0. The van der Waals surface area contributed by atoms with E-state index in [1.54, 1.807) is 0 Å². The number of nitrogens with zero attached hydrogens (tertiary/aromatic N) is 2. The van der Waals surface area contributed by atoms with Gasteiger partial charge in [-0.25, -0.2) is 4.99 Å². The van der Waals surface area contributed by atoms with Crippen molar-refractivity contribution < 1.29 is 25.9 Å². The summed E-state index contributed by atoms with van der Waals surface area (Å²) in [6, 6.07) is 7.37. The van der Waals surface area contributed by atoms with Crippen molar-refractivity contribution >= 4 is 61.6 Å². The largest absolute Gasteiger partial charge is 0.370 e. The van der Waals surface area contributed by atoms with Crippen molar-refractivity contribution in [2.45, 2.75) is 9.79 Å². The minimum Gasteiger partial charge on any atom is -0.370 e. The molecule has 0 bridgehead atoms. The van der Waals surface area contributed by atoms with E-state index in [-0.39, 0.29) is 33.8 Å². The molecule has 2 rings (SSSR count). The fraction of sp³-hybridized carbons (Fsp3) is 0. The number of hydrogen-bond donors (Lipinski definition) is 5. The summed E-state index contributed by atoms with van der Waals surface area (Å²) >= 11 is 5.76. The third kappa shape index (κ3) is 6.27. The second-order valence-corrected chi connectivity index (χ2v) is 8.91. The van der Waals surface area contributed by atoms with Gasteiger partial charge in [0, 0.05) is 5.02 Å². The van der Waals surface area contributed by atoms with Gasteiger partial charge in [0.2, 0.25) is 5.96 Å². The third-order valence-corrected chi connectivity index (χ3v) is 5.51. The summed E-state index contributed by atoms with van der Waals surface area (Å²) in [5.74, 6) is -0.707. The van der Waals surface area contributed by atoms with Crippen molar-refractivity contribution in [2.24, 2.45) is 27.2 Å². The maximum absolute atomic E-state index is 11.8. The van der Waals surface area contributed by atoms with Crippen molar-refractivity contribution in [3.05, 3.63) is 52.5 Å². The van der Waals surface area contributed by atoms with Crippen LogP contribution in [-0.4, -0.2) is 37.9 Å². The normalized spacial score (nSPS) is 12.8. The Labute approximate surface area is 177 Å². The average Bonchev–Trinajstić information content (AvgIpc) is 2.59. The van der Waals surface area contributed by atoms with Crippen LogP contribution in [0.1, 0.15) is 11.1 Å². The highest BCUT2D eigenvalue weighted by Gasteiger charge is 2.17. The Balaban J connectivity index is 2.58. The number of rotatable bonds is 5. The Hall–Kier alpha value is -2.97. The maximum atomic E-state index is 11.8. The lowest BCUT2D eigenvalue weighted by Gasteiger charge is -2.06. The van der Waals surface area contributed by atoms with Gasteiger partial charge in [0.05, 0.1) is 5.69 Å². The van der Waals surface area contributed by atoms with Gasteiger partial charge in [0.1, 0.15) is 9.79 Å². The zero-order valence-corrected chi connectivity index (χ0v) is 17.4. The highest BCUT2D eigenvalue weighted by Crippen LogP contribution is 2.27. The molecule has 0 fully saturated rings. The van der Waals surface area contributed by atoms with Crippen molar-refractivity contribution in [1.82, 2.24) is 0 Å². The smallest absolute Gasteiger partial charge is 0.295 e. The monoisotopic (exact) mass is 473 g/mol. The van der Waals surface area contributed by atoms with E-state index in [1.165, 1.54) is 36.4 Å². The summed E-state index contributed by atoms with van der Waals surface area (Å²) in [5, 5.41) is 0.0685. The zero-order valence-electron chi connectivity index (χ0n) is 15.0. The minimum absolute atomic E-state index is 0.00639. The Morgan fingerprint density at radius 1 is 0.867 bits per heavy atom. The molecule has 0 aliphatic rings. The Morgan fingerprint density at radius 2 is 1.37 bits per heavy atom. The Morgan fingerprint density at radius 3 is 1.87 bits per heavy atom. The molecule has 14 heteroatoms. The van der Waals surface area contributed by atoms with E-state index in [2.05, 4.69) is 9.98 Å². The van der Waals surface area contributed by atoms with Gasteiger partial charge >= 0.3 is 0 Å². The molecule has 0 aliphatic carbocycles. The van der Waals surface area contributed by atoms with E-state index in [0.717, 1.165) is 12.1 Å². The van der Waals surface area contributed by atoms with Gasteiger partial charge in [-0.05, 0) is 35.4 Å². The zero-order chi connectivity index (χ0) is 22.7. The van der Waals surface area contributed by atoms with Crippen LogP contribution < -0.4 is 17.2 Å². The molecule has 0 spiro atoms. The van der Waals surface area contributed by atoms with Gasteiger partial charge < -0.3 is 17.2 Å². The predicted octanol–water partition coefficient (Wildman–Crippen LogP) is 1.22. The summed E-state index contributed by atoms with van der Waals surface area (Å²) in [5.41, 5.74) is 15.9. The lowest BCUT2D eigenvalue weighted by Crippen LogP contribution is -2.26. The standard InChI is InChI=1S/C16H16ClN5O6S2/c17-11-5-3-9(13(7-11)29(23,24)25)1-2-10-4-6-12(8-14(10)30(26,27)28)21-16(20)22-15(18)19/h1-8H,(H,23,24,25)(H,26,27,28)(H6,18,19,20,21,22). The highest BCUT2D eigenvalue weighted by atomic mass is 35.5. The quantitative estimate of drug-likeness (QED) is 0.182. The molecule has 0 saturated carbocycles. The summed E-state index contributed by atoms with van der Waals surface area (Å²) in [6.45, 7) is 0. The molecule has 0 heterocycles. The number of hydrogen-bond acceptors (Lipinski definition) is 5. The Bertz CT molecular complexity index is 1280. The van der Waals surface area contributed by atoms with E-state index in [4.69, 9.17) is 28.8 Å². The summed E-state index contributed by atoms with van der Waals surface area (Å²) in [7, 11) is -9.30. The molecule has 0 saturated heterocycles. The maximum Gasteiger partial charge on any atom is 0.295 e. The van der Waals surface area contributed by atoms with E-state index in [9.17, 15) is 25.9 Å². The number of nitrogens with two attached hydrogens (primary N) is 3.